The minimum absolute atomic E-state index is 0.686. The fourth-order valence-electron chi connectivity index (χ4n) is 2.55. The van der Waals surface area contributed by atoms with E-state index in [1.807, 2.05) is 55.5 Å². The van der Waals surface area contributed by atoms with Gasteiger partial charge in [0.2, 0.25) is 0 Å². The van der Waals surface area contributed by atoms with Crippen LogP contribution in [-0.2, 0) is 0 Å². The molecule has 0 atom stereocenters. The Morgan fingerprint density at radius 1 is 1.00 bits per heavy atom. The normalized spacial score (nSPS) is 10.5. The average molecular weight is 339 g/mol. The Bertz CT molecular complexity index is 821. The summed E-state index contributed by atoms with van der Waals surface area (Å²) >= 11 is 6.05. The molecule has 5 heteroatoms. The average Bonchev–Trinajstić information content (AvgIpc) is 2.56. The number of hydrogen-bond donors (Lipinski definition) is 1. The zero-order valence-corrected chi connectivity index (χ0v) is 14.5. The van der Waals surface area contributed by atoms with E-state index < -0.39 is 0 Å². The van der Waals surface area contributed by atoms with Crippen molar-refractivity contribution in [1.82, 2.24) is 9.97 Å². The Labute approximate surface area is 147 Å². The van der Waals surface area contributed by atoms with Crippen LogP contribution in [0.25, 0.3) is 0 Å². The fraction of sp³-hybridized carbons (Fsp3) is 0.158. The highest BCUT2D eigenvalue weighted by Gasteiger charge is 2.11. The smallest absolute Gasteiger partial charge is 0.138 e. The van der Waals surface area contributed by atoms with Gasteiger partial charge in [0, 0.05) is 29.0 Å². The molecule has 0 amide bonds. The third-order valence-corrected chi connectivity index (χ3v) is 3.82. The summed E-state index contributed by atoms with van der Waals surface area (Å²) in [5.41, 5.74) is 2.00. The molecule has 1 heterocycles. The quantitative estimate of drug-likeness (QED) is 0.681. The van der Waals surface area contributed by atoms with Crippen molar-refractivity contribution in [2.24, 2.45) is 0 Å². The van der Waals surface area contributed by atoms with Crippen LogP contribution in [0.5, 0.6) is 0 Å². The molecule has 0 fully saturated rings. The van der Waals surface area contributed by atoms with Gasteiger partial charge in [-0.15, -0.1) is 0 Å². The SMILES string of the molecule is CCN(c1ccccc1)c1cc(Nc2cccc(Cl)c2)nc(C)n1. The van der Waals surface area contributed by atoms with Crippen molar-refractivity contribution in [2.45, 2.75) is 13.8 Å². The first-order valence-corrected chi connectivity index (χ1v) is 8.24. The molecule has 0 aliphatic heterocycles. The highest BCUT2D eigenvalue weighted by Crippen LogP contribution is 2.26. The number of anilines is 4. The number of para-hydroxylation sites is 1. The Kier molecular flexibility index (Phi) is 4.96. The monoisotopic (exact) mass is 338 g/mol. The number of halogens is 1. The molecule has 4 nitrogen and oxygen atoms in total. The van der Waals surface area contributed by atoms with Gasteiger partial charge in [0.25, 0.3) is 0 Å². The van der Waals surface area contributed by atoms with Crippen molar-refractivity contribution in [3.05, 3.63) is 71.5 Å². The van der Waals surface area contributed by atoms with Gasteiger partial charge in [-0.1, -0.05) is 35.9 Å². The number of aryl methyl sites for hydroxylation is 1. The fourth-order valence-corrected chi connectivity index (χ4v) is 2.74. The van der Waals surface area contributed by atoms with E-state index in [1.54, 1.807) is 0 Å². The van der Waals surface area contributed by atoms with E-state index >= 15 is 0 Å². The maximum Gasteiger partial charge on any atom is 0.138 e. The Morgan fingerprint density at radius 3 is 2.50 bits per heavy atom. The molecule has 0 aliphatic rings. The number of hydrogen-bond acceptors (Lipinski definition) is 4. The van der Waals surface area contributed by atoms with Gasteiger partial charge in [0.15, 0.2) is 0 Å². The molecule has 0 spiro atoms. The van der Waals surface area contributed by atoms with Crippen LogP contribution in [0, 0.1) is 6.92 Å². The lowest BCUT2D eigenvalue weighted by Gasteiger charge is -2.23. The van der Waals surface area contributed by atoms with E-state index in [4.69, 9.17) is 11.6 Å². The molecule has 0 saturated heterocycles. The van der Waals surface area contributed by atoms with Crippen LogP contribution < -0.4 is 10.2 Å². The second kappa shape index (κ2) is 7.32. The molecule has 3 aromatic rings. The Morgan fingerprint density at radius 2 is 1.79 bits per heavy atom. The van der Waals surface area contributed by atoms with Gasteiger partial charge in [-0.2, -0.15) is 0 Å². The summed E-state index contributed by atoms with van der Waals surface area (Å²) in [6, 6.07) is 19.7. The lowest BCUT2D eigenvalue weighted by atomic mass is 10.2. The summed E-state index contributed by atoms with van der Waals surface area (Å²) in [7, 11) is 0. The van der Waals surface area contributed by atoms with Crippen LogP contribution in [0.1, 0.15) is 12.7 Å². The lowest BCUT2D eigenvalue weighted by Crippen LogP contribution is -2.18. The predicted molar refractivity (Wildman–Crippen MR) is 101 cm³/mol. The van der Waals surface area contributed by atoms with E-state index in [9.17, 15) is 0 Å². The van der Waals surface area contributed by atoms with Gasteiger partial charge < -0.3 is 10.2 Å². The number of benzene rings is 2. The van der Waals surface area contributed by atoms with Crippen molar-refractivity contribution in [3.63, 3.8) is 0 Å². The van der Waals surface area contributed by atoms with Gasteiger partial charge in [-0.3, -0.25) is 0 Å². The maximum absolute atomic E-state index is 6.05. The van der Waals surface area contributed by atoms with Gasteiger partial charge in [-0.05, 0) is 44.2 Å². The summed E-state index contributed by atoms with van der Waals surface area (Å²) in [6.45, 7) is 4.82. The van der Waals surface area contributed by atoms with Crippen molar-refractivity contribution in [2.75, 3.05) is 16.8 Å². The minimum Gasteiger partial charge on any atom is -0.340 e. The van der Waals surface area contributed by atoms with Crippen molar-refractivity contribution in [3.8, 4) is 0 Å². The van der Waals surface area contributed by atoms with Gasteiger partial charge >= 0.3 is 0 Å². The van der Waals surface area contributed by atoms with Crippen molar-refractivity contribution in [1.29, 1.82) is 0 Å². The third-order valence-electron chi connectivity index (χ3n) is 3.58. The molecular weight excluding hydrogens is 320 g/mol. The van der Waals surface area contributed by atoms with Crippen molar-refractivity contribution < 1.29 is 0 Å². The van der Waals surface area contributed by atoms with Crippen LogP contribution in [0.15, 0.2) is 60.7 Å². The lowest BCUT2D eigenvalue weighted by molar-refractivity contribution is 0.953. The highest BCUT2D eigenvalue weighted by molar-refractivity contribution is 6.30. The van der Waals surface area contributed by atoms with Crippen LogP contribution in [0.3, 0.4) is 0 Å². The first kappa shape index (κ1) is 16.3. The molecule has 122 valence electrons. The molecule has 0 bridgehead atoms. The third kappa shape index (κ3) is 3.84. The zero-order valence-electron chi connectivity index (χ0n) is 13.7. The Hall–Kier alpha value is -2.59. The summed E-state index contributed by atoms with van der Waals surface area (Å²) in [6.07, 6.45) is 0. The molecular formula is C19H19ClN4. The van der Waals surface area contributed by atoms with Crippen molar-refractivity contribution >= 4 is 34.6 Å². The molecule has 1 N–H and O–H groups in total. The number of aromatic nitrogens is 2. The molecule has 24 heavy (non-hydrogen) atoms. The zero-order chi connectivity index (χ0) is 16.9. The number of rotatable bonds is 5. The van der Waals surface area contributed by atoms with Crippen LogP contribution in [0.2, 0.25) is 5.02 Å². The standard InChI is InChI=1S/C19H19ClN4/c1-3-24(17-10-5-4-6-11-17)19-13-18(21-14(2)22-19)23-16-9-7-8-15(20)12-16/h4-13H,3H2,1-2H3,(H,21,22,23). The van der Waals surface area contributed by atoms with E-state index in [-0.39, 0.29) is 0 Å². The van der Waals surface area contributed by atoms with E-state index in [0.29, 0.717) is 10.8 Å². The largest absolute Gasteiger partial charge is 0.340 e. The van der Waals surface area contributed by atoms with Gasteiger partial charge in [-0.25, -0.2) is 9.97 Å². The highest BCUT2D eigenvalue weighted by atomic mass is 35.5. The topological polar surface area (TPSA) is 41.0 Å². The summed E-state index contributed by atoms with van der Waals surface area (Å²) in [5, 5.41) is 3.98. The molecule has 3 rings (SSSR count). The van der Waals surface area contributed by atoms with E-state index in [0.717, 1.165) is 29.6 Å². The predicted octanol–water partition coefficient (Wildman–Crippen LogP) is 5.34. The number of nitrogens with one attached hydrogen (secondary N) is 1. The van der Waals surface area contributed by atoms with Crippen LogP contribution in [-0.4, -0.2) is 16.5 Å². The second-order valence-electron chi connectivity index (χ2n) is 5.37. The maximum atomic E-state index is 6.05. The second-order valence-corrected chi connectivity index (χ2v) is 5.81. The van der Waals surface area contributed by atoms with E-state index in [2.05, 4.69) is 39.2 Å². The van der Waals surface area contributed by atoms with Gasteiger partial charge in [0.1, 0.15) is 17.5 Å². The molecule has 2 aromatic carbocycles. The molecule has 1 aromatic heterocycles. The Balaban J connectivity index is 1.93. The van der Waals surface area contributed by atoms with Gasteiger partial charge in [0.05, 0.1) is 0 Å². The molecule has 0 radical (unpaired) electrons. The summed E-state index contributed by atoms with van der Waals surface area (Å²) in [4.78, 5) is 11.2. The first-order chi connectivity index (χ1) is 11.7. The number of nitrogens with zero attached hydrogens (tertiary/aromatic N) is 3. The molecule has 0 saturated carbocycles. The van der Waals surface area contributed by atoms with E-state index in [1.165, 1.54) is 0 Å². The molecule has 0 aliphatic carbocycles. The first-order valence-electron chi connectivity index (χ1n) is 7.86. The minimum atomic E-state index is 0.686. The van der Waals surface area contributed by atoms with Crippen LogP contribution in [0.4, 0.5) is 23.0 Å². The molecule has 0 unspecified atom stereocenters. The summed E-state index contributed by atoms with van der Waals surface area (Å²) < 4.78 is 0. The van der Waals surface area contributed by atoms with Crippen LogP contribution >= 0.6 is 11.6 Å². The summed E-state index contributed by atoms with van der Waals surface area (Å²) in [5.74, 6) is 2.32.